The molecule has 2 heterocycles. The van der Waals surface area contributed by atoms with Gasteiger partial charge in [-0.15, -0.1) is 12.4 Å². The van der Waals surface area contributed by atoms with Crippen LogP contribution >= 0.6 is 12.4 Å². The number of piperazine rings is 1. The predicted molar refractivity (Wildman–Crippen MR) is 149 cm³/mol. The quantitative estimate of drug-likeness (QED) is 0.298. The summed E-state index contributed by atoms with van der Waals surface area (Å²) in [6.45, 7) is 5.16. The molecule has 6 rings (SSSR count). The molecule has 6 heteroatoms. The Labute approximate surface area is 216 Å². The van der Waals surface area contributed by atoms with Gasteiger partial charge in [0, 0.05) is 49.2 Å². The van der Waals surface area contributed by atoms with E-state index in [1.807, 2.05) is 72.8 Å². The molecular formula is C30H28ClN3O2. The molecule has 1 saturated heterocycles. The van der Waals surface area contributed by atoms with Crippen molar-refractivity contribution in [3.63, 3.8) is 0 Å². The van der Waals surface area contributed by atoms with E-state index in [1.54, 1.807) is 0 Å². The van der Waals surface area contributed by atoms with Crippen LogP contribution in [0, 0.1) is 0 Å². The maximum atomic E-state index is 13.3. The second-order valence-corrected chi connectivity index (χ2v) is 9.04. The lowest BCUT2D eigenvalue weighted by molar-refractivity contribution is 0.102. The molecular weight excluding hydrogens is 470 g/mol. The summed E-state index contributed by atoms with van der Waals surface area (Å²) in [5.41, 5.74) is 4.37. The molecule has 4 aromatic carbocycles. The molecule has 0 aliphatic carbocycles. The number of benzene rings is 4. The molecule has 0 radical (unpaired) electrons. The number of nitrogens with one attached hydrogen (secondary N) is 2. The lowest BCUT2D eigenvalue weighted by Gasteiger charge is -2.27. The van der Waals surface area contributed by atoms with E-state index in [4.69, 9.17) is 4.42 Å². The van der Waals surface area contributed by atoms with Crippen molar-refractivity contribution < 1.29 is 9.21 Å². The summed E-state index contributed by atoms with van der Waals surface area (Å²) in [5, 5.41) is 9.57. The topological polar surface area (TPSA) is 57.5 Å². The molecule has 0 bridgehead atoms. The standard InChI is InChI=1S/C30H27N3O2.ClH/c34-30(25-10-5-7-22-6-1-2-8-24(22)25)32-27-11-4-3-9-26(27)29-19-23-18-21(12-13-28(23)35-29)20-33-16-14-31-15-17-33;/h1-13,18-19,31H,14-17,20H2,(H,32,34);1H. The summed E-state index contributed by atoms with van der Waals surface area (Å²) >= 11 is 0. The van der Waals surface area contributed by atoms with E-state index < -0.39 is 0 Å². The van der Waals surface area contributed by atoms with Crippen molar-refractivity contribution in [2.45, 2.75) is 6.54 Å². The molecule has 1 fully saturated rings. The summed E-state index contributed by atoms with van der Waals surface area (Å²) in [5.74, 6) is 0.608. The highest BCUT2D eigenvalue weighted by Crippen LogP contribution is 2.34. The Morgan fingerprint density at radius 3 is 2.53 bits per heavy atom. The summed E-state index contributed by atoms with van der Waals surface area (Å²) in [4.78, 5) is 15.7. The van der Waals surface area contributed by atoms with Crippen LogP contribution in [0.5, 0.6) is 0 Å². The van der Waals surface area contributed by atoms with Crippen LogP contribution in [0.1, 0.15) is 15.9 Å². The van der Waals surface area contributed by atoms with Crippen LogP contribution in [0.15, 0.2) is 95.4 Å². The third kappa shape index (κ3) is 4.86. The van der Waals surface area contributed by atoms with Gasteiger partial charge in [-0.25, -0.2) is 0 Å². The number of anilines is 1. The minimum absolute atomic E-state index is 0. The molecule has 182 valence electrons. The van der Waals surface area contributed by atoms with Crippen LogP contribution in [0.4, 0.5) is 5.69 Å². The van der Waals surface area contributed by atoms with Gasteiger partial charge in [0.2, 0.25) is 0 Å². The fraction of sp³-hybridized carbons (Fsp3) is 0.167. The Balaban J connectivity index is 0.00000267. The minimum atomic E-state index is -0.135. The van der Waals surface area contributed by atoms with Crippen LogP contribution in [0.2, 0.25) is 0 Å². The van der Waals surface area contributed by atoms with Gasteiger partial charge in [-0.3, -0.25) is 9.69 Å². The molecule has 0 unspecified atom stereocenters. The van der Waals surface area contributed by atoms with Crippen LogP contribution in [0.25, 0.3) is 33.1 Å². The molecule has 0 spiro atoms. The minimum Gasteiger partial charge on any atom is -0.456 e. The summed E-state index contributed by atoms with van der Waals surface area (Å²) in [6, 6.07) is 30.0. The van der Waals surface area contributed by atoms with Gasteiger partial charge in [0.15, 0.2) is 0 Å². The molecule has 36 heavy (non-hydrogen) atoms. The summed E-state index contributed by atoms with van der Waals surface area (Å²) in [7, 11) is 0. The van der Waals surface area contributed by atoms with E-state index in [0.29, 0.717) is 5.56 Å². The Morgan fingerprint density at radius 1 is 0.861 bits per heavy atom. The van der Waals surface area contributed by atoms with Crippen LogP contribution in [0.3, 0.4) is 0 Å². The van der Waals surface area contributed by atoms with Crippen molar-refractivity contribution in [3.05, 3.63) is 102 Å². The summed E-state index contributed by atoms with van der Waals surface area (Å²) in [6.07, 6.45) is 0. The lowest BCUT2D eigenvalue weighted by Crippen LogP contribution is -2.42. The number of furan rings is 1. The zero-order valence-corrected chi connectivity index (χ0v) is 20.7. The van der Waals surface area contributed by atoms with Crippen molar-refractivity contribution in [1.29, 1.82) is 0 Å². The van der Waals surface area contributed by atoms with Crippen LogP contribution in [-0.2, 0) is 6.54 Å². The Kier molecular flexibility index (Phi) is 7.05. The Hall–Kier alpha value is -3.64. The number of fused-ring (bicyclic) bond motifs is 2. The van der Waals surface area contributed by atoms with Crippen molar-refractivity contribution in [2.24, 2.45) is 0 Å². The van der Waals surface area contributed by atoms with Crippen molar-refractivity contribution >= 4 is 45.7 Å². The van der Waals surface area contributed by atoms with Gasteiger partial charge in [0.05, 0.1) is 5.69 Å². The van der Waals surface area contributed by atoms with E-state index in [-0.39, 0.29) is 18.3 Å². The number of nitrogens with zero attached hydrogens (tertiary/aromatic N) is 1. The fourth-order valence-corrected chi connectivity index (χ4v) is 4.87. The van der Waals surface area contributed by atoms with Crippen molar-refractivity contribution in [2.75, 3.05) is 31.5 Å². The van der Waals surface area contributed by atoms with Crippen LogP contribution in [-0.4, -0.2) is 37.0 Å². The fourth-order valence-electron chi connectivity index (χ4n) is 4.87. The average molecular weight is 498 g/mol. The molecule has 0 saturated carbocycles. The number of amides is 1. The first-order chi connectivity index (χ1) is 17.2. The molecule has 1 aliphatic rings. The molecule has 2 N–H and O–H groups in total. The zero-order chi connectivity index (χ0) is 23.6. The first-order valence-corrected chi connectivity index (χ1v) is 12.1. The van der Waals surface area contributed by atoms with Gasteiger partial charge in [-0.2, -0.15) is 0 Å². The third-order valence-corrected chi connectivity index (χ3v) is 6.67. The van der Waals surface area contributed by atoms with Gasteiger partial charge in [0.1, 0.15) is 11.3 Å². The second kappa shape index (κ2) is 10.5. The highest BCUT2D eigenvalue weighted by atomic mass is 35.5. The number of rotatable bonds is 5. The predicted octanol–water partition coefficient (Wildman–Crippen LogP) is 6.33. The molecule has 0 atom stereocenters. The van der Waals surface area contributed by atoms with E-state index >= 15 is 0 Å². The van der Waals surface area contributed by atoms with Gasteiger partial charge >= 0.3 is 0 Å². The van der Waals surface area contributed by atoms with Gasteiger partial charge in [-0.1, -0.05) is 54.6 Å². The maximum Gasteiger partial charge on any atom is 0.256 e. The molecule has 1 amide bonds. The zero-order valence-electron chi connectivity index (χ0n) is 19.9. The first-order valence-electron chi connectivity index (χ1n) is 12.1. The molecule has 5 nitrogen and oxygen atoms in total. The highest BCUT2D eigenvalue weighted by molar-refractivity contribution is 6.14. The molecule has 1 aliphatic heterocycles. The van der Waals surface area contributed by atoms with Crippen molar-refractivity contribution in [3.8, 4) is 11.3 Å². The van der Waals surface area contributed by atoms with Crippen molar-refractivity contribution in [1.82, 2.24) is 10.2 Å². The monoisotopic (exact) mass is 497 g/mol. The summed E-state index contributed by atoms with van der Waals surface area (Å²) < 4.78 is 6.22. The lowest BCUT2D eigenvalue weighted by atomic mass is 10.0. The van der Waals surface area contributed by atoms with Crippen LogP contribution < -0.4 is 10.6 Å². The average Bonchev–Trinajstić information content (AvgIpc) is 3.32. The smallest absolute Gasteiger partial charge is 0.256 e. The largest absolute Gasteiger partial charge is 0.456 e. The number of hydrogen-bond acceptors (Lipinski definition) is 4. The van der Waals surface area contributed by atoms with Gasteiger partial charge in [-0.05, 0) is 52.7 Å². The molecule has 5 aromatic rings. The van der Waals surface area contributed by atoms with E-state index in [9.17, 15) is 4.79 Å². The number of halogens is 1. The molecule has 1 aromatic heterocycles. The Morgan fingerprint density at radius 2 is 1.64 bits per heavy atom. The van der Waals surface area contributed by atoms with E-state index in [0.717, 1.165) is 71.5 Å². The SMILES string of the molecule is Cl.O=C(Nc1ccccc1-c1cc2cc(CN3CCNCC3)ccc2o1)c1cccc2ccccc12. The normalized spacial score (nSPS) is 14.0. The first kappa shape index (κ1) is 24.1. The number of carbonyl (C=O) groups excluding carboxylic acids is 1. The van der Waals surface area contributed by atoms with E-state index in [2.05, 4.69) is 33.7 Å². The van der Waals surface area contributed by atoms with Gasteiger partial charge < -0.3 is 15.1 Å². The third-order valence-electron chi connectivity index (χ3n) is 6.67. The van der Waals surface area contributed by atoms with E-state index in [1.165, 1.54) is 5.56 Å². The maximum absolute atomic E-state index is 13.3. The number of carbonyl (C=O) groups is 1. The number of para-hydroxylation sites is 1. The highest BCUT2D eigenvalue weighted by Gasteiger charge is 2.16. The second-order valence-electron chi connectivity index (χ2n) is 9.04. The number of hydrogen-bond donors (Lipinski definition) is 2. The van der Waals surface area contributed by atoms with Gasteiger partial charge in [0.25, 0.3) is 5.91 Å². The Bertz CT molecular complexity index is 1520.